The lowest BCUT2D eigenvalue weighted by Gasteiger charge is -2.70. The maximum atomic E-state index is 13.8. The fourth-order valence-electron chi connectivity index (χ4n) is 12.3. The van der Waals surface area contributed by atoms with Gasteiger partial charge >= 0.3 is 11.9 Å². The van der Waals surface area contributed by atoms with Crippen LogP contribution in [0.4, 0.5) is 0 Å². The third kappa shape index (κ3) is 3.62. The Morgan fingerprint density at radius 3 is 2.30 bits per heavy atom. The molecule has 12 nitrogen and oxygen atoms in total. The summed E-state index contributed by atoms with van der Waals surface area (Å²) in [5.41, 5.74) is -4.79. The standard InChI is InChI=1S/C34H47NO11/c1-7-35-15-31(16-41-3)20(37)13-21(42-4)33-19-14-32(40)28(45-30(39)18-11-9-8-10-12-18)22(19)34(46-17(2)36,27(38)29(32)44-6)23(26(33)35)24(43-5)25(31)33/h8-12,19-29,37-38,40H,7,13-16H2,1-6H3/t19?,20-,21?,22?,23+,24+,25?,26-,27+,28-,29?,31+,32-,33+,34-/m1/s1. The smallest absolute Gasteiger partial charge is 0.338 e. The highest BCUT2D eigenvalue weighted by Gasteiger charge is 2.92. The van der Waals surface area contributed by atoms with Crippen molar-refractivity contribution < 1.29 is 53.3 Å². The number of methoxy groups -OCH3 is 4. The molecule has 5 saturated carbocycles. The van der Waals surface area contributed by atoms with E-state index in [1.807, 2.05) is 6.92 Å². The monoisotopic (exact) mass is 645 g/mol. The molecule has 1 aromatic carbocycles. The number of carbonyl (C=O) groups is 2. The molecule has 1 heterocycles. The highest BCUT2D eigenvalue weighted by atomic mass is 16.6. The van der Waals surface area contributed by atoms with Gasteiger partial charge in [-0.15, -0.1) is 0 Å². The van der Waals surface area contributed by atoms with Gasteiger partial charge in [0.1, 0.15) is 23.9 Å². The summed E-state index contributed by atoms with van der Waals surface area (Å²) in [6.45, 7) is 4.68. The second-order valence-electron chi connectivity index (χ2n) is 14.4. The summed E-state index contributed by atoms with van der Waals surface area (Å²) in [5, 5.41) is 37.3. The first-order valence-corrected chi connectivity index (χ1v) is 16.3. The number of benzene rings is 1. The summed E-state index contributed by atoms with van der Waals surface area (Å²) in [6.07, 6.45) is -5.49. The molecule has 254 valence electrons. The zero-order chi connectivity index (χ0) is 33.0. The Balaban J connectivity index is 1.53. The van der Waals surface area contributed by atoms with Crippen LogP contribution in [0.25, 0.3) is 0 Å². The lowest BCUT2D eigenvalue weighted by Crippen LogP contribution is -2.81. The van der Waals surface area contributed by atoms with Crippen molar-refractivity contribution in [2.75, 3.05) is 48.1 Å². The van der Waals surface area contributed by atoms with E-state index in [-0.39, 0.29) is 25.0 Å². The minimum Gasteiger partial charge on any atom is -0.455 e. The number of aliphatic hydroxyl groups is 3. The van der Waals surface area contributed by atoms with Crippen molar-refractivity contribution in [3.05, 3.63) is 35.9 Å². The van der Waals surface area contributed by atoms with Gasteiger partial charge in [0, 0.05) is 83.0 Å². The van der Waals surface area contributed by atoms with Crippen LogP contribution in [0.3, 0.4) is 0 Å². The summed E-state index contributed by atoms with van der Waals surface area (Å²) in [7, 11) is 6.27. The summed E-state index contributed by atoms with van der Waals surface area (Å²) >= 11 is 0. The van der Waals surface area contributed by atoms with Crippen LogP contribution in [0, 0.1) is 34.5 Å². The van der Waals surface area contributed by atoms with Gasteiger partial charge < -0.3 is 43.7 Å². The molecule has 1 saturated heterocycles. The van der Waals surface area contributed by atoms with E-state index in [4.69, 9.17) is 28.4 Å². The van der Waals surface area contributed by atoms with Gasteiger partial charge in [-0.1, -0.05) is 25.1 Å². The molecular weight excluding hydrogens is 598 g/mol. The van der Waals surface area contributed by atoms with E-state index in [1.54, 1.807) is 51.7 Å². The molecule has 0 radical (unpaired) electrons. The lowest BCUT2D eigenvalue weighted by molar-refractivity contribution is -0.322. The quantitative estimate of drug-likeness (QED) is 0.323. The van der Waals surface area contributed by atoms with Crippen LogP contribution in [-0.4, -0.2) is 134 Å². The predicted molar refractivity (Wildman–Crippen MR) is 160 cm³/mol. The van der Waals surface area contributed by atoms with E-state index < -0.39 is 88.3 Å². The molecule has 1 spiro atoms. The van der Waals surface area contributed by atoms with Crippen molar-refractivity contribution in [2.45, 2.75) is 80.6 Å². The number of hydrogen-bond acceptors (Lipinski definition) is 12. The number of rotatable bonds is 9. The number of aliphatic hydroxyl groups excluding tert-OH is 2. The first-order chi connectivity index (χ1) is 22.0. The second-order valence-corrected chi connectivity index (χ2v) is 14.4. The SMILES string of the molecule is CCN1C[C@@]2(COC)C3[C@@H](OC)[C@H]4[C@@H]1[C@]3(C(OC)C[C@H]2O)C1C[C@]2(O)C(OC)[C@H](O)[C@@]4(OC(C)=O)C1[C@H]2OC(=O)c1ccccc1. The molecule has 15 atom stereocenters. The average Bonchev–Trinajstić information content (AvgIpc) is 3.41. The van der Waals surface area contributed by atoms with Crippen molar-refractivity contribution in [3.8, 4) is 0 Å². The Morgan fingerprint density at radius 1 is 1.00 bits per heavy atom. The molecule has 46 heavy (non-hydrogen) atoms. The van der Waals surface area contributed by atoms with Gasteiger partial charge in [0.2, 0.25) is 0 Å². The van der Waals surface area contributed by atoms with Crippen molar-refractivity contribution >= 4 is 11.9 Å². The minimum atomic E-state index is -1.83. The Kier molecular flexibility index (Phi) is 7.69. The fourth-order valence-corrected chi connectivity index (χ4v) is 12.3. The van der Waals surface area contributed by atoms with E-state index in [0.29, 0.717) is 25.1 Å². The number of hydrogen-bond donors (Lipinski definition) is 3. The van der Waals surface area contributed by atoms with Crippen LogP contribution in [0.1, 0.15) is 37.0 Å². The third-order valence-corrected chi connectivity index (χ3v) is 13.2. The zero-order valence-electron chi connectivity index (χ0n) is 27.3. The first kappa shape index (κ1) is 32.4. The molecular formula is C34H47NO11. The molecule has 5 unspecified atom stereocenters. The van der Waals surface area contributed by atoms with Crippen LogP contribution in [0.5, 0.6) is 0 Å². The lowest BCUT2D eigenvalue weighted by atomic mass is 9.42. The van der Waals surface area contributed by atoms with E-state index in [1.165, 1.54) is 14.0 Å². The normalized spacial score (nSPS) is 49.9. The topological polar surface area (TPSA) is 153 Å². The van der Waals surface area contributed by atoms with Gasteiger partial charge in [0.05, 0.1) is 30.5 Å². The summed E-state index contributed by atoms with van der Waals surface area (Å²) in [4.78, 5) is 29.3. The first-order valence-electron chi connectivity index (χ1n) is 16.3. The summed E-state index contributed by atoms with van der Waals surface area (Å²) in [5.74, 6) is -3.65. The van der Waals surface area contributed by atoms with Gasteiger partial charge in [-0.2, -0.15) is 0 Å². The maximum Gasteiger partial charge on any atom is 0.338 e. The molecule has 1 aliphatic heterocycles. The molecule has 0 amide bonds. The number of esters is 2. The van der Waals surface area contributed by atoms with Gasteiger partial charge in [-0.25, -0.2) is 4.79 Å². The van der Waals surface area contributed by atoms with E-state index >= 15 is 0 Å². The average molecular weight is 646 g/mol. The Morgan fingerprint density at radius 2 is 1.72 bits per heavy atom. The molecule has 1 aromatic rings. The van der Waals surface area contributed by atoms with E-state index in [9.17, 15) is 24.9 Å². The molecule has 7 rings (SSSR count). The highest BCUT2D eigenvalue weighted by molar-refractivity contribution is 5.89. The maximum absolute atomic E-state index is 13.8. The van der Waals surface area contributed by atoms with Crippen molar-refractivity contribution in [1.29, 1.82) is 0 Å². The Hall–Kier alpha value is -2.16. The molecule has 7 bridgehead atoms. The van der Waals surface area contributed by atoms with E-state index in [0.717, 1.165) is 0 Å². The largest absolute Gasteiger partial charge is 0.455 e. The van der Waals surface area contributed by atoms with Gasteiger partial charge in [-0.3, -0.25) is 9.69 Å². The number of nitrogens with zero attached hydrogens (tertiary/aromatic N) is 1. The van der Waals surface area contributed by atoms with Crippen LogP contribution in [0.2, 0.25) is 0 Å². The Labute approximate surface area is 269 Å². The number of carbonyl (C=O) groups excluding carboxylic acids is 2. The minimum absolute atomic E-state index is 0.0791. The molecule has 12 heteroatoms. The molecule has 6 aliphatic rings. The summed E-state index contributed by atoms with van der Waals surface area (Å²) < 4.78 is 37.4. The fraction of sp³-hybridized carbons (Fsp3) is 0.765. The molecule has 3 N–H and O–H groups in total. The van der Waals surface area contributed by atoms with E-state index in [2.05, 4.69) is 4.90 Å². The summed E-state index contributed by atoms with van der Waals surface area (Å²) in [6, 6.07) is 8.18. The zero-order valence-corrected chi connectivity index (χ0v) is 27.3. The van der Waals surface area contributed by atoms with Crippen molar-refractivity contribution in [3.63, 3.8) is 0 Å². The number of piperidine rings is 1. The predicted octanol–water partition coefficient (Wildman–Crippen LogP) is 0.648. The number of likely N-dealkylation sites (tertiary alicyclic amines) is 1. The molecule has 5 aliphatic carbocycles. The van der Waals surface area contributed by atoms with Crippen LogP contribution in [-0.2, 0) is 33.2 Å². The highest BCUT2D eigenvalue weighted by Crippen LogP contribution is 2.80. The Bertz CT molecular complexity index is 1360. The van der Waals surface area contributed by atoms with Gasteiger partial charge in [-0.05, 0) is 31.0 Å². The van der Waals surface area contributed by atoms with Crippen molar-refractivity contribution in [1.82, 2.24) is 4.90 Å². The van der Waals surface area contributed by atoms with Gasteiger partial charge in [0.25, 0.3) is 0 Å². The number of fused-ring (bicyclic) bond motifs is 2. The third-order valence-electron chi connectivity index (χ3n) is 13.2. The van der Waals surface area contributed by atoms with Crippen LogP contribution < -0.4 is 0 Å². The van der Waals surface area contributed by atoms with Crippen molar-refractivity contribution in [2.24, 2.45) is 34.5 Å². The molecule has 0 aromatic heterocycles. The van der Waals surface area contributed by atoms with Crippen LogP contribution >= 0.6 is 0 Å². The van der Waals surface area contributed by atoms with Crippen LogP contribution in [0.15, 0.2) is 30.3 Å². The number of ether oxygens (including phenoxy) is 6. The second kappa shape index (κ2) is 10.9. The molecule has 6 fully saturated rings. The van der Waals surface area contributed by atoms with Gasteiger partial charge in [0.15, 0.2) is 5.60 Å².